The van der Waals surface area contributed by atoms with Gasteiger partial charge in [0, 0.05) is 25.3 Å². The molecule has 3 N–H and O–H groups in total. The Hall–Kier alpha value is -3.70. The van der Waals surface area contributed by atoms with Crippen molar-refractivity contribution in [1.82, 2.24) is 9.97 Å². The van der Waals surface area contributed by atoms with E-state index in [2.05, 4.69) is 15.3 Å². The van der Waals surface area contributed by atoms with Gasteiger partial charge in [0.05, 0.1) is 18.2 Å². The molecule has 0 saturated heterocycles. The van der Waals surface area contributed by atoms with Gasteiger partial charge in [0.15, 0.2) is 5.82 Å². The number of nitrogens with zero attached hydrogens (tertiary/aromatic N) is 4. The summed E-state index contributed by atoms with van der Waals surface area (Å²) in [5, 5.41) is 8.18. The molecule has 2 heterocycles. The zero-order valence-corrected chi connectivity index (χ0v) is 18.5. The van der Waals surface area contributed by atoms with Crippen LogP contribution in [-0.4, -0.2) is 45.5 Å². The van der Waals surface area contributed by atoms with Gasteiger partial charge in [-0.15, -0.1) is 0 Å². The van der Waals surface area contributed by atoms with Gasteiger partial charge in [0.1, 0.15) is 17.5 Å². The van der Waals surface area contributed by atoms with E-state index in [-0.39, 0.29) is 10.8 Å². The zero-order chi connectivity index (χ0) is 23.0. The summed E-state index contributed by atoms with van der Waals surface area (Å²) in [4.78, 5) is 25.4. The van der Waals surface area contributed by atoms with Gasteiger partial charge in [-0.2, -0.15) is 4.98 Å². The highest BCUT2D eigenvalue weighted by atomic mass is 32.2. The van der Waals surface area contributed by atoms with Crippen molar-refractivity contribution < 1.29 is 17.9 Å². The lowest BCUT2D eigenvalue weighted by Gasteiger charge is -2.38. The van der Waals surface area contributed by atoms with Crippen molar-refractivity contribution in [3.8, 4) is 5.75 Å². The van der Waals surface area contributed by atoms with Gasteiger partial charge in [-0.1, -0.05) is 18.2 Å². The molecule has 32 heavy (non-hydrogen) atoms. The number of hydrogen-bond acceptors (Lipinski definition) is 8. The van der Waals surface area contributed by atoms with Crippen LogP contribution in [0.5, 0.6) is 5.75 Å². The second kappa shape index (κ2) is 8.09. The highest BCUT2D eigenvalue weighted by molar-refractivity contribution is 7.89. The van der Waals surface area contributed by atoms with Crippen LogP contribution >= 0.6 is 0 Å². The normalized spacial score (nSPS) is 16.0. The Morgan fingerprint density at radius 1 is 1.09 bits per heavy atom. The van der Waals surface area contributed by atoms with Crippen molar-refractivity contribution in [1.29, 1.82) is 0 Å². The number of benzene rings is 2. The van der Waals surface area contributed by atoms with Crippen LogP contribution in [0.25, 0.3) is 0 Å². The second-order valence-corrected chi connectivity index (χ2v) is 8.81. The fourth-order valence-electron chi connectivity index (χ4n) is 3.60. The maximum atomic E-state index is 13.2. The molecule has 11 heteroatoms. The molecular formula is C21H22N6O4S. The molecule has 0 radical (unpaired) electrons. The molecule has 10 nitrogen and oxygen atoms in total. The molecule has 0 fully saturated rings. The van der Waals surface area contributed by atoms with E-state index in [0.717, 1.165) is 5.56 Å². The number of anilines is 4. The first-order chi connectivity index (χ1) is 15.2. The van der Waals surface area contributed by atoms with E-state index in [1.165, 1.54) is 17.0 Å². The van der Waals surface area contributed by atoms with Gasteiger partial charge in [0.2, 0.25) is 16.0 Å². The van der Waals surface area contributed by atoms with Gasteiger partial charge in [-0.25, -0.2) is 18.5 Å². The Morgan fingerprint density at radius 2 is 1.78 bits per heavy atom. The maximum absolute atomic E-state index is 13.2. The number of nitrogens with two attached hydrogens (primary N) is 1. The number of fused-ring (bicyclic) bond motifs is 1. The molecule has 2 aromatic carbocycles. The Kier molecular flexibility index (Phi) is 5.45. The topological polar surface area (TPSA) is 131 Å². The molecule has 0 spiro atoms. The summed E-state index contributed by atoms with van der Waals surface area (Å²) < 4.78 is 28.3. The van der Waals surface area contributed by atoms with Crippen molar-refractivity contribution in [2.45, 2.75) is 10.9 Å². The van der Waals surface area contributed by atoms with E-state index >= 15 is 0 Å². The Morgan fingerprint density at radius 3 is 2.44 bits per heavy atom. The number of rotatable bonds is 5. The van der Waals surface area contributed by atoms with E-state index in [0.29, 0.717) is 28.9 Å². The number of aromatic nitrogens is 2. The minimum Gasteiger partial charge on any atom is -0.496 e. The number of ether oxygens (including phenoxy) is 1. The fourth-order valence-corrected chi connectivity index (χ4v) is 4.12. The molecule has 166 valence electrons. The lowest BCUT2D eigenvalue weighted by molar-refractivity contribution is -0.120. The Labute approximate surface area is 185 Å². The van der Waals surface area contributed by atoms with Gasteiger partial charge in [-0.3, -0.25) is 4.79 Å². The summed E-state index contributed by atoms with van der Waals surface area (Å²) in [6.07, 6.45) is 1.57. The van der Waals surface area contributed by atoms with Crippen LogP contribution in [-0.2, 0) is 14.8 Å². The smallest absolute Gasteiger partial charge is 0.254 e. The zero-order valence-electron chi connectivity index (χ0n) is 17.7. The predicted octanol–water partition coefficient (Wildman–Crippen LogP) is 2.03. The van der Waals surface area contributed by atoms with E-state index in [4.69, 9.17) is 9.88 Å². The number of nitrogens with one attached hydrogen (secondary N) is 1. The molecule has 0 bridgehead atoms. The van der Waals surface area contributed by atoms with Crippen molar-refractivity contribution in [3.63, 3.8) is 0 Å². The molecule has 0 aliphatic carbocycles. The van der Waals surface area contributed by atoms with E-state index in [1.807, 2.05) is 24.3 Å². The third kappa shape index (κ3) is 3.83. The Balaban J connectivity index is 1.68. The van der Waals surface area contributed by atoms with E-state index in [1.54, 1.807) is 44.4 Å². The highest BCUT2D eigenvalue weighted by Gasteiger charge is 2.38. The van der Waals surface area contributed by atoms with Crippen LogP contribution in [0.4, 0.5) is 23.1 Å². The first kappa shape index (κ1) is 21.5. The number of carbonyl (C=O) groups is 1. The monoisotopic (exact) mass is 454 g/mol. The molecule has 1 unspecified atom stereocenters. The summed E-state index contributed by atoms with van der Waals surface area (Å²) in [5.74, 6) is 1.33. The quantitative estimate of drug-likeness (QED) is 0.599. The number of likely N-dealkylation sites (N-methyl/N-ethyl adjacent to an activating group) is 2. The molecule has 3 aromatic rings. The number of hydrogen-bond donors (Lipinski definition) is 2. The van der Waals surface area contributed by atoms with Crippen molar-refractivity contribution in [3.05, 3.63) is 60.3 Å². The van der Waals surface area contributed by atoms with Gasteiger partial charge < -0.3 is 19.9 Å². The lowest BCUT2D eigenvalue weighted by atomic mass is 10.0. The van der Waals surface area contributed by atoms with Crippen LogP contribution in [0.15, 0.2) is 59.6 Å². The summed E-state index contributed by atoms with van der Waals surface area (Å²) in [6, 6.07) is 12.7. The van der Waals surface area contributed by atoms with Crippen molar-refractivity contribution in [2.75, 3.05) is 36.3 Å². The number of sulfonamides is 1. The third-order valence-electron chi connectivity index (χ3n) is 5.27. The van der Waals surface area contributed by atoms with Crippen LogP contribution in [0, 0.1) is 0 Å². The molecule has 4 rings (SSSR count). The molecule has 1 aliphatic heterocycles. The van der Waals surface area contributed by atoms with Crippen molar-refractivity contribution >= 4 is 39.1 Å². The SMILES string of the molecule is COc1ccccc1C1C(=O)N(C)c2cnc(Nc3ccc(S(N)(=O)=O)cc3)nc2N1C. The van der Waals surface area contributed by atoms with Gasteiger partial charge >= 0.3 is 0 Å². The number of primary sulfonamides is 1. The average molecular weight is 455 g/mol. The summed E-state index contributed by atoms with van der Waals surface area (Å²) in [5.41, 5.74) is 1.88. The maximum Gasteiger partial charge on any atom is 0.254 e. The number of carbonyl (C=O) groups excluding carboxylic acids is 1. The van der Waals surface area contributed by atoms with Crippen LogP contribution < -0.4 is 25.0 Å². The second-order valence-electron chi connectivity index (χ2n) is 7.25. The molecule has 1 amide bonds. The predicted molar refractivity (Wildman–Crippen MR) is 121 cm³/mol. The number of methoxy groups -OCH3 is 1. The third-order valence-corrected chi connectivity index (χ3v) is 6.20. The van der Waals surface area contributed by atoms with Crippen LogP contribution in [0.3, 0.4) is 0 Å². The van der Waals surface area contributed by atoms with E-state index < -0.39 is 16.1 Å². The number of amides is 1. The van der Waals surface area contributed by atoms with Gasteiger partial charge in [-0.05, 0) is 30.3 Å². The number of para-hydroxylation sites is 1. The minimum atomic E-state index is -3.77. The standard InChI is InChI=1S/C21H22N6O4S/c1-26-16-12-23-21(24-13-8-10-14(11-9-13)32(22,29)30)25-19(16)27(2)18(20(26)28)15-6-4-5-7-17(15)31-3/h4-12,18H,1-3H3,(H2,22,29,30)(H,23,24,25). The molecular weight excluding hydrogens is 432 g/mol. The molecule has 1 aromatic heterocycles. The summed E-state index contributed by atoms with van der Waals surface area (Å²) in [6.45, 7) is 0. The minimum absolute atomic E-state index is 0.00827. The van der Waals surface area contributed by atoms with Gasteiger partial charge in [0.25, 0.3) is 5.91 Å². The molecule has 0 saturated carbocycles. The largest absolute Gasteiger partial charge is 0.496 e. The first-order valence-corrected chi connectivity index (χ1v) is 11.2. The lowest BCUT2D eigenvalue weighted by Crippen LogP contribution is -2.45. The summed E-state index contributed by atoms with van der Waals surface area (Å²) in [7, 11) is 1.26. The van der Waals surface area contributed by atoms with Crippen molar-refractivity contribution in [2.24, 2.45) is 5.14 Å². The van der Waals surface area contributed by atoms with Crippen LogP contribution in [0.1, 0.15) is 11.6 Å². The average Bonchev–Trinajstić information content (AvgIpc) is 2.78. The molecule has 1 aliphatic rings. The van der Waals surface area contributed by atoms with E-state index in [9.17, 15) is 13.2 Å². The summed E-state index contributed by atoms with van der Waals surface area (Å²) >= 11 is 0. The highest BCUT2D eigenvalue weighted by Crippen LogP contribution is 2.41. The van der Waals surface area contributed by atoms with Crippen LogP contribution in [0.2, 0.25) is 0 Å². The molecule has 1 atom stereocenters. The Bertz CT molecular complexity index is 1280. The first-order valence-electron chi connectivity index (χ1n) is 9.61. The fraction of sp³-hybridized carbons (Fsp3) is 0.190.